The molecule has 0 radical (unpaired) electrons. The summed E-state index contributed by atoms with van der Waals surface area (Å²) in [6.07, 6.45) is 0.0561. The van der Waals surface area contributed by atoms with Gasteiger partial charge >= 0.3 is 0 Å². The van der Waals surface area contributed by atoms with Crippen molar-refractivity contribution in [2.45, 2.75) is 77.7 Å². The number of halogens is 2. The number of benzene rings is 6. The van der Waals surface area contributed by atoms with Gasteiger partial charge in [0.2, 0.25) is 11.8 Å². The number of rotatable bonds is 10. The maximum absolute atomic E-state index is 13.8. The predicted molar refractivity (Wildman–Crippen MR) is 290 cm³/mol. The average Bonchev–Trinajstić information content (AvgIpc) is 4.23. The topological polar surface area (TPSA) is 159 Å². The molecule has 6 heterocycles. The summed E-state index contributed by atoms with van der Waals surface area (Å²) >= 11 is 13.0. The summed E-state index contributed by atoms with van der Waals surface area (Å²) in [6, 6.07) is 46.7. The minimum atomic E-state index is -0.983. The molecule has 0 saturated carbocycles. The van der Waals surface area contributed by atoms with Gasteiger partial charge in [-0.25, -0.2) is 0 Å². The summed E-state index contributed by atoms with van der Waals surface area (Å²) in [5.74, 6) is 2.01. The zero-order valence-corrected chi connectivity index (χ0v) is 43.8. The predicted octanol–water partition coefficient (Wildman–Crippen LogP) is 13.0. The molecule has 2 aliphatic rings. The summed E-state index contributed by atoms with van der Waals surface area (Å²) < 4.78 is 22.3. The number of amides is 2. The van der Waals surface area contributed by atoms with Gasteiger partial charge in [0.1, 0.15) is 46.4 Å². The van der Waals surface area contributed by atoms with E-state index in [0.717, 1.165) is 57.0 Å². The fourth-order valence-corrected chi connectivity index (χ4v) is 11.5. The Morgan fingerprint density at radius 2 is 1.08 bits per heavy atom. The molecule has 2 N–H and O–H groups in total. The zero-order chi connectivity index (χ0) is 52.8. The molecule has 2 aliphatic heterocycles. The monoisotopic (exact) mass is 1050 g/mol. The number of carbonyl (C=O) groups is 2. The number of furan rings is 2. The molecular formula is C62H54Cl2N4O8. The van der Waals surface area contributed by atoms with Crippen LogP contribution in [0.1, 0.15) is 114 Å². The van der Waals surface area contributed by atoms with Crippen LogP contribution in [0, 0.1) is 27.7 Å². The van der Waals surface area contributed by atoms with Gasteiger partial charge in [0.15, 0.2) is 0 Å². The van der Waals surface area contributed by atoms with Crippen LogP contribution in [-0.2, 0) is 35.3 Å². The number of aliphatic hydroxyl groups excluding tert-OH is 2. The maximum Gasteiger partial charge on any atom is 0.227 e. The summed E-state index contributed by atoms with van der Waals surface area (Å²) in [5.41, 5.74) is 12.1. The molecule has 14 heteroatoms. The SMILES string of the molecule is Cc1noc(C)c1C(O)c1cc2cc(CC(=O)N3CCc4cc(Cl)ccc4C3c3ccccc3)ccc2o1.Cc1noc(C)c1C(O)c1cc2cc(CC(=O)N3CCc4cccc(Cl)c4C3c3ccccc3)ccc2o1. The fourth-order valence-electron chi connectivity index (χ4n) is 11.1. The van der Waals surface area contributed by atoms with E-state index in [0.29, 0.717) is 79.9 Å². The molecular weight excluding hydrogens is 1000 g/mol. The average molecular weight is 1050 g/mol. The normalized spacial score (nSPS) is 16.0. The number of carbonyl (C=O) groups excluding carboxylic acids is 2. The maximum atomic E-state index is 13.8. The third-order valence-electron chi connectivity index (χ3n) is 14.7. The number of aromatic nitrogens is 2. The smallest absolute Gasteiger partial charge is 0.227 e. The molecule has 4 unspecified atom stereocenters. The van der Waals surface area contributed by atoms with Crippen LogP contribution >= 0.6 is 23.2 Å². The lowest BCUT2D eigenvalue weighted by atomic mass is 9.87. The standard InChI is InChI=1S/2C31H27ClN2O4/c1-18-28(19(2)38-33-18)31(36)26-17-23-15-20(11-12-25(23)37-26)16-27(35)34-14-13-21-9-6-10-24(32)29(21)30(34)22-7-4-3-5-8-22;1-18-29(19(2)38-33-18)31(36)27-17-23-14-20(8-11-26(23)37-27)15-28(35)34-13-12-22-16-24(32)9-10-25(22)30(34)21-6-4-3-5-7-21/h3-12,15,17,30-31,36H,13-14,16H2,1-2H3;3-11,14,16-17,30-31,36H,12-13,15H2,1-2H3. The molecule has 76 heavy (non-hydrogen) atoms. The molecule has 0 saturated heterocycles. The van der Waals surface area contributed by atoms with Crippen LogP contribution in [-0.4, -0.2) is 55.2 Å². The first-order valence-electron chi connectivity index (χ1n) is 25.3. The number of hydrogen-bond acceptors (Lipinski definition) is 10. The van der Waals surface area contributed by atoms with Gasteiger partial charge in [-0.15, -0.1) is 0 Å². The van der Waals surface area contributed by atoms with Gasteiger partial charge in [-0.3, -0.25) is 9.59 Å². The molecule has 2 amide bonds. The van der Waals surface area contributed by atoms with Crippen molar-refractivity contribution in [3.8, 4) is 0 Å². The highest BCUT2D eigenvalue weighted by molar-refractivity contribution is 6.31. The molecule has 4 atom stereocenters. The van der Waals surface area contributed by atoms with Crippen molar-refractivity contribution in [2.24, 2.45) is 0 Å². The molecule has 12 rings (SSSR count). The third-order valence-corrected chi connectivity index (χ3v) is 15.3. The van der Waals surface area contributed by atoms with E-state index in [1.807, 2.05) is 137 Å². The summed E-state index contributed by atoms with van der Waals surface area (Å²) in [5, 5.41) is 32.7. The van der Waals surface area contributed by atoms with Crippen molar-refractivity contribution in [3.05, 3.63) is 246 Å². The van der Waals surface area contributed by atoms with Crippen molar-refractivity contribution in [2.75, 3.05) is 13.1 Å². The second kappa shape index (κ2) is 21.1. The largest absolute Gasteiger partial charge is 0.458 e. The Morgan fingerprint density at radius 1 is 0.579 bits per heavy atom. The summed E-state index contributed by atoms with van der Waals surface area (Å²) in [7, 11) is 0. The minimum Gasteiger partial charge on any atom is -0.458 e. The lowest BCUT2D eigenvalue weighted by Crippen LogP contribution is -2.41. The number of aryl methyl sites for hydroxylation is 4. The number of hydrogen-bond donors (Lipinski definition) is 2. The van der Waals surface area contributed by atoms with Crippen molar-refractivity contribution < 1.29 is 37.7 Å². The van der Waals surface area contributed by atoms with Gasteiger partial charge in [0.05, 0.1) is 47.4 Å². The Kier molecular flexibility index (Phi) is 14.0. The Labute approximate surface area is 449 Å². The van der Waals surface area contributed by atoms with Gasteiger partial charge in [0, 0.05) is 39.5 Å². The lowest BCUT2D eigenvalue weighted by molar-refractivity contribution is -0.133. The van der Waals surface area contributed by atoms with E-state index in [2.05, 4.69) is 28.5 Å². The molecule has 0 fully saturated rings. The Bertz CT molecular complexity index is 3730. The number of aliphatic hydroxyl groups is 2. The van der Waals surface area contributed by atoms with E-state index in [1.54, 1.807) is 27.7 Å². The minimum absolute atomic E-state index is 0.0308. The second-order valence-electron chi connectivity index (χ2n) is 19.6. The van der Waals surface area contributed by atoms with E-state index >= 15 is 0 Å². The Morgan fingerprint density at radius 3 is 1.59 bits per heavy atom. The lowest BCUT2D eigenvalue weighted by Gasteiger charge is -2.38. The Hall–Kier alpha value is -7.74. The summed E-state index contributed by atoms with van der Waals surface area (Å²) in [4.78, 5) is 31.4. The summed E-state index contributed by atoms with van der Waals surface area (Å²) in [6.45, 7) is 8.34. The van der Waals surface area contributed by atoms with Gasteiger partial charge in [-0.2, -0.15) is 0 Å². The van der Waals surface area contributed by atoms with Crippen LogP contribution in [0.5, 0.6) is 0 Å². The van der Waals surface area contributed by atoms with Crippen LogP contribution in [0.25, 0.3) is 21.9 Å². The molecule has 12 nitrogen and oxygen atoms in total. The Balaban J connectivity index is 0.000000162. The molecule has 10 aromatic rings. The number of nitrogens with zero attached hydrogens (tertiary/aromatic N) is 4. The van der Waals surface area contributed by atoms with Crippen molar-refractivity contribution >= 4 is 57.0 Å². The van der Waals surface area contributed by atoms with Gasteiger partial charge < -0.3 is 37.9 Å². The van der Waals surface area contributed by atoms with Crippen LogP contribution in [0.4, 0.5) is 0 Å². The molecule has 0 spiro atoms. The molecule has 0 bridgehead atoms. The third kappa shape index (κ3) is 9.85. The molecule has 6 aromatic carbocycles. The van der Waals surface area contributed by atoms with Crippen molar-refractivity contribution in [1.82, 2.24) is 20.1 Å². The van der Waals surface area contributed by atoms with Crippen LogP contribution in [0.2, 0.25) is 10.0 Å². The first kappa shape index (κ1) is 50.4. The molecule has 384 valence electrons. The van der Waals surface area contributed by atoms with E-state index in [1.165, 1.54) is 11.1 Å². The van der Waals surface area contributed by atoms with Gasteiger partial charge in [-0.1, -0.05) is 125 Å². The first-order valence-corrected chi connectivity index (χ1v) is 26.1. The van der Waals surface area contributed by atoms with Crippen molar-refractivity contribution in [1.29, 1.82) is 0 Å². The highest BCUT2D eigenvalue weighted by Gasteiger charge is 2.35. The fraction of sp³-hybridized carbons (Fsp3) is 0.226. The highest BCUT2D eigenvalue weighted by atomic mass is 35.5. The van der Waals surface area contributed by atoms with Gasteiger partial charge in [-0.05, 0) is 134 Å². The molecule has 4 aromatic heterocycles. The van der Waals surface area contributed by atoms with E-state index in [9.17, 15) is 19.8 Å². The quantitative estimate of drug-likeness (QED) is 0.135. The number of fused-ring (bicyclic) bond motifs is 4. The van der Waals surface area contributed by atoms with Crippen molar-refractivity contribution in [3.63, 3.8) is 0 Å². The zero-order valence-electron chi connectivity index (χ0n) is 42.3. The van der Waals surface area contributed by atoms with E-state index in [4.69, 9.17) is 41.1 Å². The first-order chi connectivity index (χ1) is 36.8. The second-order valence-corrected chi connectivity index (χ2v) is 20.5. The molecule has 0 aliphatic carbocycles. The van der Waals surface area contributed by atoms with Gasteiger partial charge in [0.25, 0.3) is 0 Å². The van der Waals surface area contributed by atoms with Crippen LogP contribution in [0.3, 0.4) is 0 Å². The van der Waals surface area contributed by atoms with E-state index < -0.39 is 12.2 Å². The van der Waals surface area contributed by atoms with Crippen LogP contribution in [0.15, 0.2) is 163 Å². The van der Waals surface area contributed by atoms with E-state index in [-0.39, 0.29) is 36.7 Å². The highest BCUT2D eigenvalue weighted by Crippen LogP contribution is 2.41. The van der Waals surface area contributed by atoms with Crippen LogP contribution < -0.4 is 0 Å².